The van der Waals surface area contributed by atoms with Crippen molar-refractivity contribution in [1.29, 1.82) is 0 Å². The molecule has 0 fully saturated rings. The molecule has 2 aliphatic heterocycles. The second-order valence-electron chi connectivity index (χ2n) is 1.97. The van der Waals surface area contributed by atoms with Gasteiger partial charge in [0, 0.05) is 6.21 Å². The van der Waals surface area contributed by atoms with Gasteiger partial charge in [0.25, 0.3) is 6.21 Å². The van der Waals surface area contributed by atoms with Crippen molar-refractivity contribution in [3.05, 3.63) is 23.7 Å². The van der Waals surface area contributed by atoms with Crippen molar-refractivity contribution in [3.8, 4) is 0 Å². The van der Waals surface area contributed by atoms with Gasteiger partial charge in [-0.1, -0.05) is 0 Å². The normalized spacial score (nSPS) is 20.8. The SMILES string of the molecule is C1=CC2=C(C=[N+]1)N=CCO2. The molecule has 0 saturated heterocycles. The van der Waals surface area contributed by atoms with Crippen LogP contribution in [0.1, 0.15) is 0 Å². The summed E-state index contributed by atoms with van der Waals surface area (Å²) in [7, 11) is 0. The Balaban J connectivity index is 2.43. The van der Waals surface area contributed by atoms with E-state index in [1.54, 1.807) is 18.6 Å². The lowest BCUT2D eigenvalue weighted by atomic mass is 10.3. The van der Waals surface area contributed by atoms with Crippen LogP contribution in [0.3, 0.4) is 0 Å². The Hall–Kier alpha value is -1.38. The Kier molecular flexibility index (Phi) is 1.13. The predicted octanol–water partition coefficient (Wildman–Crippen LogP) is 0.233. The first-order valence-corrected chi connectivity index (χ1v) is 3.06. The van der Waals surface area contributed by atoms with Gasteiger partial charge in [0.1, 0.15) is 6.61 Å². The van der Waals surface area contributed by atoms with E-state index in [2.05, 4.69) is 9.98 Å². The molecule has 49 valence electrons. The summed E-state index contributed by atoms with van der Waals surface area (Å²) in [6.45, 7) is 0.566. The molecule has 0 aliphatic carbocycles. The number of hydrogen-bond donors (Lipinski definition) is 0. The Morgan fingerprint density at radius 1 is 1.60 bits per heavy atom. The van der Waals surface area contributed by atoms with Crippen LogP contribution >= 0.6 is 0 Å². The molecule has 2 heterocycles. The Labute approximate surface area is 58.4 Å². The Morgan fingerprint density at radius 3 is 3.50 bits per heavy atom. The van der Waals surface area contributed by atoms with Gasteiger partial charge >= 0.3 is 0 Å². The largest absolute Gasteiger partial charge is 0.485 e. The van der Waals surface area contributed by atoms with Crippen LogP contribution in [-0.2, 0) is 4.74 Å². The summed E-state index contributed by atoms with van der Waals surface area (Å²) in [5.41, 5.74) is 0.814. The molecule has 2 aliphatic rings. The maximum Gasteiger partial charge on any atom is 0.271 e. The predicted molar refractivity (Wildman–Crippen MR) is 38.8 cm³/mol. The average Bonchev–Trinajstić information content (AvgIpc) is 2.05. The highest BCUT2D eigenvalue weighted by Crippen LogP contribution is 2.11. The highest BCUT2D eigenvalue weighted by atomic mass is 16.5. The standard InChI is InChI=1S/C7H6N2O/c1-2-8-5-6-7(1)10-4-3-9-6/h1-3,5H,4H2/q+1. The molecule has 3 heteroatoms. The Morgan fingerprint density at radius 2 is 2.60 bits per heavy atom. The molecule has 0 unspecified atom stereocenters. The highest BCUT2D eigenvalue weighted by molar-refractivity contribution is 5.84. The van der Waals surface area contributed by atoms with Gasteiger partial charge in [0.05, 0.1) is 11.1 Å². The van der Waals surface area contributed by atoms with Gasteiger partial charge in [0.15, 0.2) is 11.5 Å². The zero-order chi connectivity index (χ0) is 6.81. The van der Waals surface area contributed by atoms with E-state index in [9.17, 15) is 0 Å². The van der Waals surface area contributed by atoms with Crippen LogP contribution in [0, 0.1) is 0 Å². The molecule has 0 N–H and O–H groups in total. The molecule has 0 spiro atoms. The van der Waals surface area contributed by atoms with Crippen LogP contribution in [-0.4, -0.2) is 19.0 Å². The van der Waals surface area contributed by atoms with Crippen molar-refractivity contribution in [3.63, 3.8) is 0 Å². The monoisotopic (exact) mass is 134 g/mol. The van der Waals surface area contributed by atoms with Gasteiger partial charge < -0.3 is 4.74 Å². The van der Waals surface area contributed by atoms with Crippen molar-refractivity contribution < 1.29 is 4.74 Å². The van der Waals surface area contributed by atoms with E-state index in [0.717, 1.165) is 11.5 Å². The first kappa shape index (κ1) is 5.41. The molecule has 0 aromatic rings. The summed E-state index contributed by atoms with van der Waals surface area (Å²) < 4.78 is 5.23. The smallest absolute Gasteiger partial charge is 0.271 e. The maximum atomic E-state index is 5.23. The molecule has 10 heavy (non-hydrogen) atoms. The van der Waals surface area contributed by atoms with Gasteiger partial charge in [-0.25, -0.2) is 4.99 Å². The van der Waals surface area contributed by atoms with E-state index in [1.807, 2.05) is 6.08 Å². The lowest BCUT2D eigenvalue weighted by Crippen LogP contribution is -2.08. The molecule has 0 bridgehead atoms. The fourth-order valence-corrected chi connectivity index (χ4v) is 0.855. The molecule has 0 amide bonds. The van der Waals surface area contributed by atoms with Crippen LogP contribution in [0.5, 0.6) is 0 Å². The van der Waals surface area contributed by atoms with Gasteiger partial charge in [-0.3, -0.25) is 0 Å². The molecule has 0 aromatic heterocycles. The van der Waals surface area contributed by atoms with E-state index < -0.39 is 0 Å². The van der Waals surface area contributed by atoms with Crippen LogP contribution in [0.15, 0.2) is 28.7 Å². The fourth-order valence-electron chi connectivity index (χ4n) is 0.855. The fraction of sp³-hybridized carbons (Fsp3) is 0.143. The number of allylic oxidation sites excluding steroid dienone is 2. The number of rotatable bonds is 0. The molecule has 2 rings (SSSR count). The van der Waals surface area contributed by atoms with Crippen LogP contribution in [0.4, 0.5) is 0 Å². The van der Waals surface area contributed by atoms with Crippen LogP contribution in [0.25, 0.3) is 0 Å². The zero-order valence-corrected chi connectivity index (χ0v) is 5.32. The van der Waals surface area contributed by atoms with Gasteiger partial charge in [-0.15, -0.1) is 0 Å². The quantitative estimate of drug-likeness (QED) is 0.467. The minimum Gasteiger partial charge on any atom is -0.485 e. The number of hydrogen-bond acceptors (Lipinski definition) is 3. The van der Waals surface area contributed by atoms with Gasteiger partial charge in [0.2, 0.25) is 6.20 Å². The molecular weight excluding hydrogens is 128 g/mol. The van der Waals surface area contributed by atoms with Gasteiger partial charge in [-0.2, -0.15) is 0 Å². The molecule has 0 atom stereocenters. The minimum atomic E-state index is 0.566. The van der Waals surface area contributed by atoms with Crippen molar-refractivity contribution in [1.82, 2.24) is 4.99 Å². The average molecular weight is 134 g/mol. The molecular formula is C7H6N2O+. The molecule has 3 nitrogen and oxygen atoms in total. The topological polar surface area (TPSA) is 35.7 Å². The first-order valence-electron chi connectivity index (χ1n) is 3.06. The Bertz CT molecular complexity index is 261. The summed E-state index contributed by atoms with van der Waals surface area (Å²) in [4.78, 5) is 7.98. The lowest BCUT2D eigenvalue weighted by molar-refractivity contribution is 0.268. The first-order chi connectivity index (χ1) is 4.97. The molecule has 0 saturated carbocycles. The second-order valence-corrected chi connectivity index (χ2v) is 1.97. The maximum absolute atomic E-state index is 5.23. The van der Waals surface area contributed by atoms with E-state index >= 15 is 0 Å². The minimum absolute atomic E-state index is 0.566. The van der Waals surface area contributed by atoms with E-state index in [-0.39, 0.29) is 0 Å². The highest BCUT2D eigenvalue weighted by Gasteiger charge is 2.13. The molecule has 0 aromatic carbocycles. The van der Waals surface area contributed by atoms with Crippen LogP contribution < -0.4 is 4.99 Å². The third-order valence-corrected chi connectivity index (χ3v) is 1.30. The summed E-state index contributed by atoms with van der Waals surface area (Å²) >= 11 is 0. The van der Waals surface area contributed by atoms with Gasteiger partial charge in [-0.05, 0) is 0 Å². The van der Waals surface area contributed by atoms with E-state index in [4.69, 9.17) is 4.74 Å². The summed E-state index contributed by atoms with van der Waals surface area (Å²) in [6.07, 6.45) is 6.92. The van der Waals surface area contributed by atoms with Crippen molar-refractivity contribution in [2.24, 2.45) is 4.99 Å². The van der Waals surface area contributed by atoms with Crippen LogP contribution in [0.2, 0.25) is 0 Å². The number of nitrogens with zero attached hydrogens (tertiary/aromatic N) is 2. The van der Waals surface area contributed by atoms with Crippen molar-refractivity contribution in [2.45, 2.75) is 0 Å². The van der Waals surface area contributed by atoms with E-state index in [0.29, 0.717) is 6.61 Å². The lowest BCUT2D eigenvalue weighted by Gasteiger charge is -2.08. The van der Waals surface area contributed by atoms with Crippen molar-refractivity contribution >= 4 is 12.4 Å². The number of aliphatic imine (C=N–C) groups is 2. The number of ether oxygens (including phenoxy) is 1. The third kappa shape index (κ3) is 0.757. The second kappa shape index (κ2) is 2.10. The van der Waals surface area contributed by atoms with Crippen molar-refractivity contribution in [2.75, 3.05) is 6.61 Å². The summed E-state index contributed by atoms with van der Waals surface area (Å²) in [6, 6.07) is 0. The molecule has 1 radical (unpaired) electrons. The zero-order valence-electron chi connectivity index (χ0n) is 5.32. The third-order valence-electron chi connectivity index (χ3n) is 1.30. The van der Waals surface area contributed by atoms with E-state index in [1.165, 1.54) is 0 Å². The summed E-state index contributed by atoms with van der Waals surface area (Å²) in [5.74, 6) is 0.817. The summed E-state index contributed by atoms with van der Waals surface area (Å²) in [5, 5.41) is 0.